The first kappa shape index (κ1) is 10.5. The predicted molar refractivity (Wildman–Crippen MR) is 58.1 cm³/mol. The number of phenolic OH excluding ortho intramolecular Hbond substituents is 2. The minimum Gasteiger partial charge on any atom is -0.507 e. The number of fused-ring (bicyclic) bond motifs is 1. The van der Waals surface area contributed by atoms with Crippen molar-refractivity contribution in [3.8, 4) is 17.2 Å². The third-order valence-electron chi connectivity index (χ3n) is 2.46. The zero-order chi connectivity index (χ0) is 11.9. The Bertz CT molecular complexity index is 488. The van der Waals surface area contributed by atoms with Crippen molar-refractivity contribution >= 4 is 5.78 Å². The molecule has 1 aromatic rings. The Kier molecular flexibility index (Phi) is 2.34. The van der Waals surface area contributed by atoms with Crippen LogP contribution in [0.25, 0.3) is 0 Å². The molecule has 84 valence electrons. The fraction of sp³-hybridized carbons (Fsp3) is 0.250. The van der Waals surface area contributed by atoms with Crippen LogP contribution in [0.1, 0.15) is 22.8 Å². The molecule has 4 nitrogen and oxygen atoms in total. The number of rotatable bonds is 2. The molecule has 1 aliphatic rings. The van der Waals surface area contributed by atoms with Crippen molar-refractivity contribution in [2.75, 3.05) is 6.61 Å². The largest absolute Gasteiger partial charge is 0.507 e. The van der Waals surface area contributed by atoms with Gasteiger partial charge in [-0.15, -0.1) is 0 Å². The van der Waals surface area contributed by atoms with E-state index in [-0.39, 0.29) is 35.2 Å². The van der Waals surface area contributed by atoms with Crippen LogP contribution in [0.5, 0.6) is 17.2 Å². The summed E-state index contributed by atoms with van der Waals surface area (Å²) < 4.78 is 5.04. The molecule has 0 unspecified atom stereocenters. The topological polar surface area (TPSA) is 66.8 Å². The number of allylic oxidation sites excluding steroid dienone is 1. The van der Waals surface area contributed by atoms with Gasteiger partial charge < -0.3 is 14.9 Å². The minimum atomic E-state index is -0.268. The maximum absolute atomic E-state index is 11.4. The van der Waals surface area contributed by atoms with Gasteiger partial charge in [0.15, 0.2) is 6.61 Å². The highest BCUT2D eigenvalue weighted by Gasteiger charge is 2.28. The smallest absolute Gasteiger partial charge is 0.207 e. The fourth-order valence-corrected chi connectivity index (χ4v) is 1.75. The monoisotopic (exact) mass is 220 g/mol. The summed E-state index contributed by atoms with van der Waals surface area (Å²) in [6, 6.07) is 1.36. The molecule has 0 saturated carbocycles. The predicted octanol–water partition coefficient (Wildman–Crippen LogP) is 1.79. The van der Waals surface area contributed by atoms with E-state index in [2.05, 4.69) is 6.58 Å². The molecule has 0 aliphatic carbocycles. The van der Waals surface area contributed by atoms with Crippen LogP contribution in [0.3, 0.4) is 0 Å². The first-order valence-electron chi connectivity index (χ1n) is 4.89. The Morgan fingerprint density at radius 3 is 2.88 bits per heavy atom. The average molecular weight is 220 g/mol. The second kappa shape index (κ2) is 3.56. The molecule has 0 radical (unpaired) electrons. The van der Waals surface area contributed by atoms with Gasteiger partial charge in [0.05, 0.1) is 0 Å². The number of Topliss-reactive ketones (excluding diaryl/α,β-unsaturated/α-hetero) is 1. The first-order chi connectivity index (χ1) is 7.50. The zero-order valence-corrected chi connectivity index (χ0v) is 8.91. The van der Waals surface area contributed by atoms with Crippen LogP contribution in [-0.4, -0.2) is 22.6 Å². The van der Waals surface area contributed by atoms with Crippen molar-refractivity contribution in [2.24, 2.45) is 0 Å². The number of carbonyl (C=O) groups is 1. The van der Waals surface area contributed by atoms with Crippen LogP contribution in [0, 0.1) is 0 Å². The van der Waals surface area contributed by atoms with E-state index >= 15 is 0 Å². The number of ether oxygens (including phenoxy) is 1. The number of benzene rings is 1. The van der Waals surface area contributed by atoms with E-state index in [1.54, 1.807) is 6.92 Å². The number of ketones is 1. The lowest BCUT2D eigenvalue weighted by Gasteiger charge is -2.09. The van der Waals surface area contributed by atoms with Crippen molar-refractivity contribution in [2.45, 2.75) is 13.3 Å². The van der Waals surface area contributed by atoms with Crippen molar-refractivity contribution in [3.63, 3.8) is 0 Å². The first-order valence-corrected chi connectivity index (χ1v) is 4.89. The van der Waals surface area contributed by atoms with Gasteiger partial charge in [0.1, 0.15) is 22.8 Å². The van der Waals surface area contributed by atoms with E-state index in [1.807, 2.05) is 0 Å². The summed E-state index contributed by atoms with van der Waals surface area (Å²) >= 11 is 0. The van der Waals surface area contributed by atoms with E-state index in [1.165, 1.54) is 6.07 Å². The van der Waals surface area contributed by atoms with Gasteiger partial charge in [0.2, 0.25) is 5.78 Å². The van der Waals surface area contributed by atoms with Gasteiger partial charge in [-0.1, -0.05) is 12.2 Å². The Morgan fingerprint density at radius 1 is 1.56 bits per heavy atom. The SMILES string of the molecule is C=C(C)Cc1c(O)cc2c(c1O)C(=O)CO2. The molecule has 0 saturated heterocycles. The van der Waals surface area contributed by atoms with Crippen LogP contribution in [0.15, 0.2) is 18.2 Å². The lowest BCUT2D eigenvalue weighted by molar-refractivity contribution is 0.0959. The molecule has 1 heterocycles. The number of hydrogen-bond acceptors (Lipinski definition) is 4. The summed E-state index contributed by atoms with van der Waals surface area (Å²) in [7, 11) is 0. The Morgan fingerprint density at radius 2 is 2.25 bits per heavy atom. The average Bonchev–Trinajstić information content (AvgIpc) is 2.54. The normalized spacial score (nSPS) is 13.4. The Hall–Kier alpha value is -1.97. The molecule has 0 fully saturated rings. The quantitative estimate of drug-likeness (QED) is 0.746. The van der Waals surface area contributed by atoms with Crippen molar-refractivity contribution < 1.29 is 19.7 Å². The maximum Gasteiger partial charge on any atom is 0.207 e. The highest BCUT2D eigenvalue weighted by Crippen LogP contribution is 2.41. The second-order valence-corrected chi connectivity index (χ2v) is 3.94. The number of aromatic hydroxyl groups is 2. The molecule has 0 amide bonds. The van der Waals surface area contributed by atoms with Gasteiger partial charge in [-0.2, -0.15) is 0 Å². The van der Waals surface area contributed by atoms with Crippen molar-refractivity contribution in [1.29, 1.82) is 0 Å². The van der Waals surface area contributed by atoms with Crippen LogP contribution >= 0.6 is 0 Å². The molecule has 16 heavy (non-hydrogen) atoms. The van der Waals surface area contributed by atoms with Gasteiger partial charge in [-0.05, 0) is 6.92 Å². The van der Waals surface area contributed by atoms with Crippen molar-refractivity contribution in [1.82, 2.24) is 0 Å². The molecule has 0 aromatic heterocycles. The Labute approximate surface area is 92.8 Å². The molecular weight excluding hydrogens is 208 g/mol. The van der Waals surface area contributed by atoms with E-state index in [0.29, 0.717) is 12.0 Å². The number of hydrogen-bond donors (Lipinski definition) is 2. The molecule has 0 spiro atoms. The molecule has 2 N–H and O–H groups in total. The third kappa shape index (κ3) is 1.52. The highest BCUT2D eigenvalue weighted by molar-refractivity contribution is 6.05. The second-order valence-electron chi connectivity index (χ2n) is 3.94. The van der Waals surface area contributed by atoms with Gasteiger partial charge in [0.25, 0.3) is 0 Å². The minimum absolute atomic E-state index is 0.0750. The third-order valence-corrected chi connectivity index (χ3v) is 2.46. The molecule has 0 bridgehead atoms. The fourth-order valence-electron chi connectivity index (χ4n) is 1.75. The molecule has 1 aromatic carbocycles. The van der Waals surface area contributed by atoms with E-state index in [9.17, 15) is 15.0 Å². The molecule has 4 heteroatoms. The molecule has 2 rings (SSSR count). The van der Waals surface area contributed by atoms with E-state index in [4.69, 9.17) is 4.74 Å². The summed E-state index contributed by atoms with van der Waals surface area (Å²) in [6.07, 6.45) is 0.332. The van der Waals surface area contributed by atoms with Crippen molar-refractivity contribution in [3.05, 3.63) is 29.3 Å². The maximum atomic E-state index is 11.4. The van der Waals surface area contributed by atoms with Crippen LogP contribution < -0.4 is 4.74 Å². The summed E-state index contributed by atoms with van der Waals surface area (Å²) in [6.45, 7) is 5.40. The van der Waals surface area contributed by atoms with Crippen LogP contribution in [0.4, 0.5) is 0 Å². The highest BCUT2D eigenvalue weighted by atomic mass is 16.5. The van der Waals surface area contributed by atoms with Crippen LogP contribution in [-0.2, 0) is 6.42 Å². The van der Waals surface area contributed by atoms with Gasteiger partial charge in [0, 0.05) is 18.1 Å². The van der Waals surface area contributed by atoms with Gasteiger partial charge in [-0.3, -0.25) is 4.79 Å². The zero-order valence-electron chi connectivity index (χ0n) is 8.91. The Balaban J connectivity index is 2.59. The summed E-state index contributed by atoms with van der Waals surface area (Å²) in [5.74, 6) is -0.296. The molecule has 0 atom stereocenters. The summed E-state index contributed by atoms with van der Waals surface area (Å²) in [4.78, 5) is 11.4. The summed E-state index contributed by atoms with van der Waals surface area (Å²) in [5, 5.41) is 19.6. The lowest BCUT2D eigenvalue weighted by atomic mass is 10.00. The number of carbonyl (C=O) groups excluding carboxylic acids is 1. The van der Waals surface area contributed by atoms with Gasteiger partial charge >= 0.3 is 0 Å². The number of phenols is 2. The summed E-state index contributed by atoms with van der Waals surface area (Å²) in [5.41, 5.74) is 1.27. The molecule has 1 aliphatic heterocycles. The molecular formula is C12H12O4. The lowest BCUT2D eigenvalue weighted by Crippen LogP contribution is -2.00. The van der Waals surface area contributed by atoms with E-state index in [0.717, 1.165) is 5.57 Å². The van der Waals surface area contributed by atoms with E-state index < -0.39 is 0 Å². The van der Waals surface area contributed by atoms with Gasteiger partial charge in [-0.25, -0.2) is 0 Å². The standard InChI is InChI=1S/C12H12O4/c1-6(2)3-7-8(13)4-10-11(12(7)15)9(14)5-16-10/h4,13,15H,1,3,5H2,2H3. The van der Waals surface area contributed by atoms with Crippen LogP contribution in [0.2, 0.25) is 0 Å².